The Bertz CT molecular complexity index is 278. The zero-order chi connectivity index (χ0) is 11.8. The minimum Gasteiger partial charge on any atom is -0.367 e. The van der Waals surface area contributed by atoms with Gasteiger partial charge in [-0.2, -0.15) is 0 Å². The monoisotopic (exact) mass is 221 g/mol. The van der Waals surface area contributed by atoms with Crippen LogP contribution < -0.4 is 5.32 Å². The van der Waals surface area contributed by atoms with E-state index in [2.05, 4.69) is 31.0 Å². The zero-order valence-corrected chi connectivity index (χ0v) is 10.5. The Kier molecular flexibility index (Phi) is 6.12. The number of ether oxygens (including phenoxy) is 1. The number of nitrogens with one attached hydrogen (secondary N) is 1. The summed E-state index contributed by atoms with van der Waals surface area (Å²) in [6.07, 6.45) is 11.2. The summed E-state index contributed by atoms with van der Waals surface area (Å²) < 4.78 is 5.37. The molecule has 0 aromatic heterocycles. The first kappa shape index (κ1) is 13.2. The van der Waals surface area contributed by atoms with Crippen LogP contribution in [-0.4, -0.2) is 19.9 Å². The number of rotatable bonds is 7. The van der Waals surface area contributed by atoms with E-state index in [4.69, 9.17) is 4.74 Å². The summed E-state index contributed by atoms with van der Waals surface area (Å²) in [6.45, 7) is 6.66. The molecule has 0 fully saturated rings. The largest absolute Gasteiger partial charge is 0.367 e. The predicted molar refractivity (Wildman–Crippen MR) is 69.3 cm³/mol. The molecule has 0 amide bonds. The highest BCUT2D eigenvalue weighted by Gasteiger charge is 2.08. The van der Waals surface area contributed by atoms with Gasteiger partial charge >= 0.3 is 0 Å². The molecule has 1 aliphatic rings. The lowest BCUT2D eigenvalue weighted by molar-refractivity contribution is 0.0702. The van der Waals surface area contributed by atoms with Crippen LogP contribution in [0, 0.1) is 0 Å². The molecular formula is C14H23NO. The third-order valence-corrected chi connectivity index (χ3v) is 2.87. The van der Waals surface area contributed by atoms with Crippen molar-refractivity contribution in [1.82, 2.24) is 5.32 Å². The van der Waals surface area contributed by atoms with E-state index in [-0.39, 0.29) is 6.23 Å². The van der Waals surface area contributed by atoms with Crippen molar-refractivity contribution < 1.29 is 4.74 Å². The molecule has 1 rings (SSSR count). The lowest BCUT2D eigenvalue weighted by Gasteiger charge is -2.18. The first-order chi connectivity index (χ1) is 7.76. The van der Waals surface area contributed by atoms with Crippen molar-refractivity contribution in [1.29, 1.82) is 0 Å². The van der Waals surface area contributed by atoms with Crippen LogP contribution in [0.5, 0.6) is 0 Å². The van der Waals surface area contributed by atoms with Gasteiger partial charge in [0.05, 0.1) is 0 Å². The average molecular weight is 221 g/mol. The highest BCUT2D eigenvalue weighted by atomic mass is 16.5. The van der Waals surface area contributed by atoms with E-state index in [0.717, 1.165) is 19.4 Å². The normalized spacial score (nSPS) is 17.6. The highest BCUT2D eigenvalue weighted by molar-refractivity contribution is 5.25. The van der Waals surface area contributed by atoms with E-state index in [1.54, 1.807) is 12.7 Å². The van der Waals surface area contributed by atoms with Gasteiger partial charge in [-0.05, 0) is 32.6 Å². The van der Waals surface area contributed by atoms with Gasteiger partial charge in [0.25, 0.3) is 0 Å². The van der Waals surface area contributed by atoms with Crippen LogP contribution >= 0.6 is 0 Å². The molecule has 2 nitrogen and oxygen atoms in total. The predicted octanol–water partition coefficient (Wildman–Crippen LogP) is 3.18. The van der Waals surface area contributed by atoms with Gasteiger partial charge in [0, 0.05) is 13.7 Å². The maximum atomic E-state index is 5.37. The lowest BCUT2D eigenvalue weighted by atomic mass is 9.96. The molecule has 1 atom stereocenters. The molecule has 90 valence electrons. The average Bonchev–Trinajstić information content (AvgIpc) is 2.29. The van der Waals surface area contributed by atoms with Crippen LogP contribution in [0.3, 0.4) is 0 Å². The summed E-state index contributed by atoms with van der Waals surface area (Å²) in [5.41, 5.74) is 2.94. The van der Waals surface area contributed by atoms with Crippen LogP contribution in [0.1, 0.15) is 32.6 Å². The van der Waals surface area contributed by atoms with Gasteiger partial charge in [-0.3, -0.25) is 5.32 Å². The summed E-state index contributed by atoms with van der Waals surface area (Å²) in [7, 11) is 1.75. The van der Waals surface area contributed by atoms with Gasteiger partial charge in [0.2, 0.25) is 0 Å². The summed E-state index contributed by atoms with van der Waals surface area (Å²) >= 11 is 0. The SMILES string of the molecule is C=CCNC(CCC1=CC(C)=CCC1)OC. The summed E-state index contributed by atoms with van der Waals surface area (Å²) in [6, 6.07) is 0. The maximum Gasteiger partial charge on any atom is 0.108 e. The third kappa shape index (κ3) is 4.77. The molecule has 0 aliphatic heterocycles. The second-order valence-electron chi connectivity index (χ2n) is 4.25. The smallest absolute Gasteiger partial charge is 0.108 e. The molecule has 1 unspecified atom stereocenters. The van der Waals surface area contributed by atoms with Gasteiger partial charge in [0.1, 0.15) is 6.23 Å². The van der Waals surface area contributed by atoms with Crippen molar-refractivity contribution in [2.75, 3.05) is 13.7 Å². The van der Waals surface area contributed by atoms with Gasteiger partial charge < -0.3 is 4.74 Å². The Balaban J connectivity index is 2.31. The van der Waals surface area contributed by atoms with Crippen LogP contribution in [0.4, 0.5) is 0 Å². The van der Waals surface area contributed by atoms with E-state index in [1.165, 1.54) is 18.4 Å². The van der Waals surface area contributed by atoms with Gasteiger partial charge in [-0.1, -0.05) is 29.4 Å². The zero-order valence-electron chi connectivity index (χ0n) is 10.5. The van der Waals surface area contributed by atoms with E-state index in [9.17, 15) is 0 Å². The molecule has 16 heavy (non-hydrogen) atoms. The Morgan fingerprint density at radius 3 is 3.06 bits per heavy atom. The molecule has 0 aromatic rings. The number of hydrogen-bond acceptors (Lipinski definition) is 2. The van der Waals surface area contributed by atoms with Crippen molar-refractivity contribution in [3.05, 3.63) is 36.0 Å². The van der Waals surface area contributed by atoms with Crippen molar-refractivity contribution in [2.45, 2.75) is 38.8 Å². The Labute approximate surface area is 99.1 Å². The van der Waals surface area contributed by atoms with Crippen LogP contribution in [0.15, 0.2) is 36.0 Å². The highest BCUT2D eigenvalue weighted by Crippen LogP contribution is 2.21. The maximum absolute atomic E-state index is 5.37. The van der Waals surface area contributed by atoms with E-state index >= 15 is 0 Å². The third-order valence-electron chi connectivity index (χ3n) is 2.87. The van der Waals surface area contributed by atoms with Crippen LogP contribution in [0.25, 0.3) is 0 Å². The molecule has 0 heterocycles. The van der Waals surface area contributed by atoms with E-state index in [1.807, 2.05) is 6.08 Å². The Morgan fingerprint density at radius 2 is 2.44 bits per heavy atom. The number of hydrogen-bond donors (Lipinski definition) is 1. The molecule has 2 heteroatoms. The summed E-state index contributed by atoms with van der Waals surface area (Å²) in [5, 5.41) is 3.29. The van der Waals surface area contributed by atoms with Crippen LogP contribution in [-0.2, 0) is 4.74 Å². The van der Waals surface area contributed by atoms with Crippen molar-refractivity contribution in [2.24, 2.45) is 0 Å². The van der Waals surface area contributed by atoms with Crippen LogP contribution in [0.2, 0.25) is 0 Å². The van der Waals surface area contributed by atoms with E-state index in [0.29, 0.717) is 0 Å². The molecule has 0 radical (unpaired) electrons. The second-order valence-corrected chi connectivity index (χ2v) is 4.25. The summed E-state index contributed by atoms with van der Waals surface area (Å²) in [4.78, 5) is 0. The molecule has 0 saturated heterocycles. The minimum absolute atomic E-state index is 0.144. The first-order valence-electron chi connectivity index (χ1n) is 5.99. The second kappa shape index (κ2) is 7.42. The fourth-order valence-corrected chi connectivity index (χ4v) is 1.97. The Morgan fingerprint density at radius 1 is 1.62 bits per heavy atom. The molecule has 0 aromatic carbocycles. The number of methoxy groups -OCH3 is 1. The Hall–Kier alpha value is -0.860. The fraction of sp³-hybridized carbons (Fsp3) is 0.571. The molecule has 0 spiro atoms. The van der Waals surface area contributed by atoms with Gasteiger partial charge in [0.15, 0.2) is 0 Å². The minimum atomic E-state index is 0.144. The standard InChI is InChI=1S/C14H23NO/c1-4-10-15-14(16-3)9-8-13-7-5-6-12(2)11-13/h4,6,11,14-15H,1,5,7-10H2,2-3H3. The topological polar surface area (TPSA) is 21.3 Å². The summed E-state index contributed by atoms with van der Waals surface area (Å²) in [5.74, 6) is 0. The molecular weight excluding hydrogens is 198 g/mol. The molecule has 0 saturated carbocycles. The molecule has 0 bridgehead atoms. The quantitative estimate of drug-likeness (QED) is 0.526. The molecule has 1 aliphatic carbocycles. The molecule has 1 N–H and O–H groups in total. The van der Waals surface area contributed by atoms with Crippen molar-refractivity contribution in [3.8, 4) is 0 Å². The van der Waals surface area contributed by atoms with Crippen molar-refractivity contribution >= 4 is 0 Å². The van der Waals surface area contributed by atoms with Gasteiger partial charge in [-0.15, -0.1) is 6.58 Å². The first-order valence-corrected chi connectivity index (χ1v) is 5.99. The van der Waals surface area contributed by atoms with Gasteiger partial charge in [-0.25, -0.2) is 0 Å². The van der Waals surface area contributed by atoms with E-state index < -0.39 is 0 Å². The van der Waals surface area contributed by atoms with Crippen molar-refractivity contribution in [3.63, 3.8) is 0 Å². The lowest BCUT2D eigenvalue weighted by Crippen LogP contribution is -2.30. The number of allylic oxidation sites excluding steroid dienone is 4. The fourth-order valence-electron chi connectivity index (χ4n) is 1.97.